The van der Waals surface area contributed by atoms with Crippen LogP contribution >= 0.6 is 0 Å². The first-order valence-corrected chi connectivity index (χ1v) is 37.5. The standard InChI is InChI=1S/C28H35FN4O3.C27H39N3O3.C24H34F2N4O2/c1-30(2)27(35)33-19-28(24-18-21(29)6-9-25(24)33)12-16-31(17-13-28)22-10-14-32(15-11-22)26(34)20-4-7-23(36-3)8-5-20;1-3-33-26(32)29-15-11-22(12-16-29)28-17-13-27(14-18-28)19-30(20(2)31)25-23(9-6-10-24(25)27)21-7-4-5-8-21;1-17(25)14-22(31)29-10-6-19(7-11-29)28-12-8-24(9-13-28)16-30(23(32)27(2)3)21-5-4-18(26)15-20(21)24/h4-9,18,22H,10-17,19H2,1-3H3;6,9-10,21-22H,3-5,7-8,11-19H2,1-2H3;4-5,15,17,19H,6-14,16H2,1-3H3. The van der Waals surface area contributed by atoms with E-state index in [4.69, 9.17) is 9.47 Å². The number of halogens is 3. The van der Waals surface area contributed by atoms with E-state index in [0.29, 0.717) is 62.4 Å². The van der Waals surface area contributed by atoms with Crippen molar-refractivity contribution in [1.29, 1.82) is 0 Å². The number of fused-ring (bicyclic) bond motifs is 6. The molecule has 9 heterocycles. The maximum Gasteiger partial charge on any atom is 0.409 e. The van der Waals surface area contributed by atoms with Gasteiger partial charge in [0.15, 0.2) is 0 Å². The van der Waals surface area contributed by atoms with Crippen LogP contribution in [0, 0.1) is 11.6 Å². The summed E-state index contributed by atoms with van der Waals surface area (Å²) in [6.45, 7) is 17.7. The summed E-state index contributed by atoms with van der Waals surface area (Å²) in [6.07, 6.45) is 15.3. The number of methoxy groups -OCH3 is 1. The van der Waals surface area contributed by atoms with E-state index in [1.807, 2.05) is 45.9 Å². The third-order valence-corrected chi connectivity index (χ3v) is 24.5. The van der Waals surface area contributed by atoms with Crippen molar-refractivity contribution in [2.75, 3.05) is 155 Å². The summed E-state index contributed by atoms with van der Waals surface area (Å²) in [5.74, 6) is 1.02. The number of carbonyl (C=O) groups excluding carboxylic acids is 6. The van der Waals surface area contributed by atoms with Gasteiger partial charge in [0.05, 0.1) is 25.8 Å². The highest BCUT2D eigenvalue weighted by Crippen LogP contribution is 2.53. The van der Waals surface area contributed by atoms with Crippen LogP contribution in [0.2, 0.25) is 0 Å². The van der Waals surface area contributed by atoms with Gasteiger partial charge in [0.2, 0.25) is 11.8 Å². The fourth-order valence-electron chi connectivity index (χ4n) is 18.8. The van der Waals surface area contributed by atoms with E-state index < -0.39 is 6.17 Å². The highest BCUT2D eigenvalue weighted by atomic mass is 19.1. The van der Waals surface area contributed by atoms with Crippen LogP contribution in [-0.4, -0.2) is 239 Å². The van der Waals surface area contributed by atoms with Crippen molar-refractivity contribution in [3.8, 4) is 5.75 Å². The number of carbonyl (C=O) groups is 6. The Morgan fingerprint density at radius 2 is 0.960 bits per heavy atom. The minimum Gasteiger partial charge on any atom is -0.497 e. The molecule has 1 unspecified atom stereocenters. The molecule has 9 aliphatic heterocycles. The van der Waals surface area contributed by atoms with Gasteiger partial charge in [-0.05, 0) is 232 Å². The van der Waals surface area contributed by atoms with Gasteiger partial charge in [-0.1, -0.05) is 31.0 Å². The lowest BCUT2D eigenvalue weighted by atomic mass is 9.73. The minimum absolute atomic E-state index is 0.0327. The SMILES string of the molecule is CC(F)CC(=O)N1CCC(N2CCC3(CC2)CN(C(=O)N(C)C)c2ccc(F)cc23)CC1.CCOC(=O)N1CCC(N2CCC3(CC2)CN(C(C)=O)c2c(C4CCCC4)cccc23)CC1.COc1ccc(C(=O)N2CCC(N3CCC4(CC3)CN(C(=O)N(C)C)c3ccc(F)cc34)CC2)cc1. The molecule has 3 spiro atoms. The molecule has 10 aliphatic rings. The first-order valence-electron chi connectivity index (χ1n) is 37.5. The second kappa shape index (κ2) is 31.3. The number of rotatable bonds is 9. The van der Waals surface area contributed by atoms with Crippen molar-refractivity contribution in [2.24, 2.45) is 0 Å². The van der Waals surface area contributed by atoms with Crippen molar-refractivity contribution in [2.45, 2.75) is 176 Å². The molecule has 8 amide bonds. The molecule has 0 bridgehead atoms. The van der Waals surface area contributed by atoms with Crippen molar-refractivity contribution in [3.63, 3.8) is 0 Å². The highest BCUT2D eigenvalue weighted by molar-refractivity contribution is 5.97. The van der Waals surface area contributed by atoms with Crippen LogP contribution in [0.1, 0.15) is 168 Å². The highest BCUT2D eigenvalue weighted by Gasteiger charge is 2.51. The normalized spacial score (nSPS) is 21.9. The number of anilines is 3. The quantitative estimate of drug-likeness (QED) is 0.157. The molecule has 19 nitrogen and oxygen atoms in total. The van der Waals surface area contributed by atoms with Gasteiger partial charge >= 0.3 is 18.2 Å². The lowest BCUT2D eigenvalue weighted by Crippen LogP contribution is -2.53. The summed E-state index contributed by atoms with van der Waals surface area (Å²) in [5, 5.41) is 0. The van der Waals surface area contributed by atoms with Crippen LogP contribution in [0.25, 0.3) is 0 Å². The molecule has 7 fully saturated rings. The zero-order chi connectivity index (χ0) is 71.5. The maximum absolute atomic E-state index is 14.3. The number of hydrogen-bond donors (Lipinski definition) is 0. The van der Waals surface area contributed by atoms with Crippen LogP contribution < -0.4 is 19.4 Å². The van der Waals surface area contributed by atoms with E-state index in [1.165, 1.54) is 61.6 Å². The van der Waals surface area contributed by atoms with E-state index in [0.717, 1.165) is 177 Å². The zero-order valence-electron chi connectivity index (χ0n) is 61.0. The number of benzene rings is 4. The summed E-state index contributed by atoms with van der Waals surface area (Å²) in [4.78, 5) is 97.6. The Morgan fingerprint density at radius 3 is 1.38 bits per heavy atom. The summed E-state index contributed by atoms with van der Waals surface area (Å²) in [6, 6.07) is 25.0. The van der Waals surface area contributed by atoms with Crippen molar-refractivity contribution in [3.05, 3.63) is 118 Å². The molecule has 14 rings (SSSR count). The third kappa shape index (κ3) is 15.5. The summed E-state index contributed by atoms with van der Waals surface area (Å²) < 4.78 is 51.9. The van der Waals surface area contributed by atoms with Crippen molar-refractivity contribution >= 4 is 52.9 Å². The number of urea groups is 2. The molecule has 1 saturated carbocycles. The van der Waals surface area contributed by atoms with E-state index in [2.05, 4.69) is 37.8 Å². The third-order valence-electron chi connectivity index (χ3n) is 24.5. The van der Waals surface area contributed by atoms with Gasteiger partial charge in [-0.25, -0.2) is 27.6 Å². The smallest absolute Gasteiger partial charge is 0.409 e. The Kier molecular flexibility index (Phi) is 22.7. The van der Waals surface area contributed by atoms with Gasteiger partial charge in [0, 0.05) is 145 Å². The average Bonchev–Trinajstić information content (AvgIpc) is 1.62. The summed E-state index contributed by atoms with van der Waals surface area (Å²) in [5.41, 5.74) is 8.07. The van der Waals surface area contributed by atoms with Gasteiger partial charge in [-0.2, -0.15) is 0 Å². The van der Waals surface area contributed by atoms with Crippen molar-refractivity contribution in [1.82, 2.24) is 39.2 Å². The predicted molar refractivity (Wildman–Crippen MR) is 387 cm³/mol. The number of piperidine rings is 6. The van der Waals surface area contributed by atoms with Gasteiger partial charge in [0.25, 0.3) is 5.91 Å². The second-order valence-corrected chi connectivity index (χ2v) is 30.9. The van der Waals surface area contributed by atoms with Crippen molar-refractivity contribution < 1.29 is 51.4 Å². The number of para-hydroxylation sites is 1. The molecular formula is C79H108F3N11O8. The molecule has 0 aromatic heterocycles. The summed E-state index contributed by atoms with van der Waals surface area (Å²) >= 11 is 0. The van der Waals surface area contributed by atoms with Crippen LogP contribution in [-0.2, 0) is 30.6 Å². The average molecular weight is 1400 g/mol. The molecule has 22 heteroatoms. The first kappa shape index (κ1) is 73.3. The van der Waals surface area contributed by atoms with Crippen LogP contribution in [0.15, 0.2) is 78.9 Å². The number of nitrogens with zero attached hydrogens (tertiary/aromatic N) is 11. The Hall–Kier alpha value is -7.43. The molecule has 4 aromatic carbocycles. The largest absolute Gasteiger partial charge is 0.497 e. The Balaban J connectivity index is 0.000000144. The first-order chi connectivity index (χ1) is 48.5. The maximum atomic E-state index is 14.3. The van der Waals surface area contributed by atoms with Gasteiger partial charge in [-0.15, -0.1) is 0 Å². The van der Waals surface area contributed by atoms with Crippen LogP contribution in [0.5, 0.6) is 5.75 Å². The lowest BCUT2D eigenvalue weighted by molar-refractivity contribution is -0.134. The Morgan fingerprint density at radius 1 is 0.535 bits per heavy atom. The Labute approximate surface area is 596 Å². The van der Waals surface area contributed by atoms with Crippen LogP contribution in [0.3, 0.4) is 0 Å². The fraction of sp³-hybridized carbons (Fsp3) is 0.620. The number of amides is 8. The fourth-order valence-corrected chi connectivity index (χ4v) is 18.8. The van der Waals surface area contributed by atoms with Gasteiger partial charge < -0.3 is 53.6 Å². The van der Waals surface area contributed by atoms with E-state index in [1.54, 1.807) is 86.1 Å². The topological polar surface area (TPSA) is 157 Å². The molecule has 0 radical (unpaired) electrons. The minimum atomic E-state index is -1.10. The number of ether oxygens (including phenoxy) is 2. The molecule has 1 aliphatic carbocycles. The molecular weight excluding hydrogens is 1290 g/mol. The number of hydrogen-bond acceptors (Lipinski definition) is 11. The van der Waals surface area contributed by atoms with Crippen LogP contribution in [0.4, 0.5) is 44.6 Å². The molecule has 6 saturated heterocycles. The van der Waals surface area contributed by atoms with E-state index in [-0.39, 0.29) is 70.2 Å². The van der Waals surface area contributed by atoms with E-state index in [9.17, 15) is 41.9 Å². The van der Waals surface area contributed by atoms with E-state index >= 15 is 0 Å². The molecule has 548 valence electrons. The molecule has 1 atom stereocenters. The molecule has 101 heavy (non-hydrogen) atoms. The summed E-state index contributed by atoms with van der Waals surface area (Å²) in [7, 11) is 8.61. The predicted octanol–water partition coefficient (Wildman–Crippen LogP) is 12.0. The number of likely N-dealkylation sites (tertiary alicyclic amines) is 6. The van der Waals surface area contributed by atoms with Gasteiger partial charge in [0.1, 0.15) is 23.6 Å². The lowest BCUT2D eigenvalue weighted by Gasteiger charge is -2.45. The Bertz CT molecular complexity index is 3600. The molecule has 4 aromatic rings. The molecule has 0 N–H and O–H groups in total. The second-order valence-electron chi connectivity index (χ2n) is 30.9. The zero-order valence-corrected chi connectivity index (χ0v) is 61.0. The van der Waals surface area contributed by atoms with Gasteiger partial charge in [-0.3, -0.25) is 24.2 Å². The number of alkyl halides is 1. The monoisotopic (exact) mass is 1400 g/mol.